The first-order valence-electron chi connectivity index (χ1n) is 9.43. The van der Waals surface area contributed by atoms with E-state index in [0.29, 0.717) is 19.3 Å². The summed E-state index contributed by atoms with van der Waals surface area (Å²) in [4.78, 5) is 50.9. The van der Waals surface area contributed by atoms with Crippen molar-refractivity contribution in [3.05, 3.63) is 35.4 Å². The van der Waals surface area contributed by atoms with E-state index < -0.39 is 41.9 Å². The number of hydrogen-bond acceptors (Lipinski definition) is 5. The zero-order chi connectivity index (χ0) is 20.5. The Bertz CT molecular complexity index is 824. The lowest BCUT2D eigenvalue weighted by Gasteiger charge is -2.24. The number of amides is 4. The van der Waals surface area contributed by atoms with E-state index in [0.717, 1.165) is 16.0 Å². The Labute approximate surface area is 163 Å². The van der Waals surface area contributed by atoms with Gasteiger partial charge in [-0.2, -0.15) is 0 Å². The normalized spacial score (nSPS) is 22.6. The number of carbonyl (C=O) groups is 4. The van der Waals surface area contributed by atoms with Crippen molar-refractivity contribution in [2.75, 3.05) is 13.7 Å². The van der Waals surface area contributed by atoms with Crippen LogP contribution in [0, 0.1) is 5.92 Å². The van der Waals surface area contributed by atoms with Gasteiger partial charge in [0.2, 0.25) is 5.91 Å². The molecule has 28 heavy (non-hydrogen) atoms. The first-order chi connectivity index (χ1) is 13.3. The Morgan fingerprint density at radius 1 is 1.32 bits per heavy atom. The summed E-state index contributed by atoms with van der Waals surface area (Å²) in [5.74, 6) is -1.72. The predicted octanol–water partition coefficient (Wildman–Crippen LogP) is 1.08. The molecule has 1 aliphatic heterocycles. The molecule has 1 spiro atoms. The van der Waals surface area contributed by atoms with Crippen LogP contribution >= 0.6 is 0 Å². The Morgan fingerprint density at radius 3 is 2.71 bits per heavy atom. The van der Waals surface area contributed by atoms with Gasteiger partial charge in [-0.05, 0) is 29.9 Å². The molecule has 2 aliphatic rings. The van der Waals surface area contributed by atoms with Crippen molar-refractivity contribution in [3.63, 3.8) is 0 Å². The number of esters is 1. The molecule has 0 unspecified atom stereocenters. The average molecular weight is 387 g/mol. The number of carbonyl (C=O) groups excluding carboxylic acids is 4. The summed E-state index contributed by atoms with van der Waals surface area (Å²) in [5.41, 5.74) is 0.695. The van der Waals surface area contributed by atoms with Crippen molar-refractivity contribution in [1.29, 1.82) is 0 Å². The standard InChI is InChI=1S/C20H25N3O5/c1-4-12(2)16(17(25)28-3)21-15(24)11-23-18(26)20(22-19(23)27)10-9-13-7-5-6-8-14(13)20/h5-8,12,16H,4,9-11H2,1-3H3,(H,21,24)(H,22,27)/t12-,16+,20+/m1/s1. The van der Waals surface area contributed by atoms with Crippen LogP contribution in [0.2, 0.25) is 0 Å². The molecule has 1 heterocycles. The van der Waals surface area contributed by atoms with Gasteiger partial charge in [0.15, 0.2) is 0 Å². The summed E-state index contributed by atoms with van der Waals surface area (Å²) >= 11 is 0. The number of aryl methyl sites for hydroxylation is 1. The Hall–Kier alpha value is -2.90. The number of nitrogens with one attached hydrogen (secondary N) is 2. The van der Waals surface area contributed by atoms with Gasteiger partial charge >= 0.3 is 12.0 Å². The predicted molar refractivity (Wildman–Crippen MR) is 100 cm³/mol. The van der Waals surface area contributed by atoms with Gasteiger partial charge in [0.1, 0.15) is 18.1 Å². The number of hydrogen-bond donors (Lipinski definition) is 2. The van der Waals surface area contributed by atoms with Crippen LogP contribution in [0.1, 0.15) is 37.8 Å². The minimum absolute atomic E-state index is 0.146. The molecule has 1 aliphatic carbocycles. The monoisotopic (exact) mass is 387 g/mol. The summed E-state index contributed by atoms with van der Waals surface area (Å²) in [6.45, 7) is 3.27. The first kappa shape index (κ1) is 19.9. The quantitative estimate of drug-likeness (QED) is 0.561. The van der Waals surface area contributed by atoms with Crippen molar-refractivity contribution in [2.45, 2.75) is 44.7 Å². The molecule has 4 amide bonds. The van der Waals surface area contributed by atoms with Gasteiger partial charge in [-0.3, -0.25) is 14.5 Å². The van der Waals surface area contributed by atoms with E-state index in [1.54, 1.807) is 0 Å². The van der Waals surface area contributed by atoms with Crippen molar-refractivity contribution in [1.82, 2.24) is 15.5 Å². The highest BCUT2D eigenvalue weighted by Gasteiger charge is 2.55. The molecule has 3 atom stereocenters. The number of ether oxygens (including phenoxy) is 1. The summed E-state index contributed by atoms with van der Waals surface area (Å²) in [6.07, 6.45) is 1.80. The minimum Gasteiger partial charge on any atom is -0.467 e. The maximum absolute atomic E-state index is 13.1. The van der Waals surface area contributed by atoms with E-state index >= 15 is 0 Å². The maximum atomic E-state index is 13.1. The lowest BCUT2D eigenvalue weighted by Crippen LogP contribution is -2.50. The fourth-order valence-corrected chi connectivity index (χ4v) is 3.89. The van der Waals surface area contributed by atoms with E-state index in [1.807, 2.05) is 38.1 Å². The highest BCUT2D eigenvalue weighted by molar-refractivity contribution is 6.10. The van der Waals surface area contributed by atoms with Crippen LogP contribution in [0.25, 0.3) is 0 Å². The largest absolute Gasteiger partial charge is 0.467 e. The number of rotatable bonds is 6. The fourth-order valence-electron chi connectivity index (χ4n) is 3.89. The summed E-state index contributed by atoms with van der Waals surface area (Å²) < 4.78 is 4.75. The van der Waals surface area contributed by atoms with Crippen LogP contribution in [0.15, 0.2) is 24.3 Å². The topological polar surface area (TPSA) is 105 Å². The second-order valence-corrected chi connectivity index (χ2v) is 7.34. The molecule has 150 valence electrons. The van der Waals surface area contributed by atoms with Crippen LogP contribution in [-0.2, 0) is 31.1 Å². The molecule has 0 aromatic heterocycles. The van der Waals surface area contributed by atoms with E-state index in [9.17, 15) is 19.2 Å². The molecule has 1 fully saturated rings. The molecule has 0 radical (unpaired) electrons. The molecule has 1 aromatic rings. The molecular weight excluding hydrogens is 362 g/mol. The van der Waals surface area contributed by atoms with Crippen LogP contribution in [0.3, 0.4) is 0 Å². The van der Waals surface area contributed by atoms with E-state index in [2.05, 4.69) is 10.6 Å². The van der Waals surface area contributed by atoms with Crippen LogP contribution < -0.4 is 10.6 Å². The summed E-state index contributed by atoms with van der Waals surface area (Å²) in [5, 5.41) is 5.37. The van der Waals surface area contributed by atoms with Gasteiger partial charge in [0.25, 0.3) is 5.91 Å². The van der Waals surface area contributed by atoms with Gasteiger partial charge in [-0.15, -0.1) is 0 Å². The lowest BCUT2D eigenvalue weighted by atomic mass is 9.92. The molecular formula is C20H25N3O5. The zero-order valence-electron chi connectivity index (χ0n) is 16.3. The van der Waals surface area contributed by atoms with Gasteiger partial charge in [-0.25, -0.2) is 9.59 Å². The van der Waals surface area contributed by atoms with E-state index in [1.165, 1.54) is 7.11 Å². The molecule has 8 heteroatoms. The molecule has 8 nitrogen and oxygen atoms in total. The third kappa shape index (κ3) is 3.23. The fraction of sp³-hybridized carbons (Fsp3) is 0.500. The molecule has 0 bridgehead atoms. The van der Waals surface area contributed by atoms with Crippen LogP contribution in [0.4, 0.5) is 4.79 Å². The third-order valence-corrected chi connectivity index (χ3v) is 5.71. The lowest BCUT2D eigenvalue weighted by molar-refractivity contribution is -0.146. The van der Waals surface area contributed by atoms with Crippen LogP contribution in [-0.4, -0.2) is 48.4 Å². The van der Waals surface area contributed by atoms with Crippen molar-refractivity contribution in [3.8, 4) is 0 Å². The number of imide groups is 1. The molecule has 0 saturated carbocycles. The Morgan fingerprint density at radius 2 is 2.04 bits per heavy atom. The second kappa shape index (κ2) is 7.61. The highest BCUT2D eigenvalue weighted by atomic mass is 16.5. The highest BCUT2D eigenvalue weighted by Crippen LogP contribution is 2.41. The number of urea groups is 1. The smallest absolute Gasteiger partial charge is 0.328 e. The van der Waals surface area contributed by atoms with Crippen molar-refractivity contribution < 1.29 is 23.9 Å². The van der Waals surface area contributed by atoms with Gasteiger partial charge in [0.05, 0.1) is 7.11 Å². The number of fused-ring (bicyclic) bond motifs is 2. The van der Waals surface area contributed by atoms with Crippen molar-refractivity contribution >= 4 is 23.8 Å². The third-order valence-electron chi connectivity index (χ3n) is 5.71. The van der Waals surface area contributed by atoms with Crippen LogP contribution in [0.5, 0.6) is 0 Å². The molecule has 3 rings (SSSR count). The Kier molecular flexibility index (Phi) is 5.40. The summed E-state index contributed by atoms with van der Waals surface area (Å²) in [6, 6.07) is 6.06. The number of benzene rings is 1. The molecule has 1 saturated heterocycles. The van der Waals surface area contributed by atoms with Gasteiger partial charge in [-0.1, -0.05) is 44.5 Å². The van der Waals surface area contributed by atoms with Crippen molar-refractivity contribution in [2.24, 2.45) is 5.92 Å². The second-order valence-electron chi connectivity index (χ2n) is 7.34. The first-order valence-corrected chi connectivity index (χ1v) is 9.43. The SMILES string of the molecule is CC[C@@H](C)[C@H](NC(=O)CN1C(=O)N[C@]2(CCc3ccccc32)C1=O)C(=O)OC. The zero-order valence-corrected chi connectivity index (χ0v) is 16.3. The average Bonchev–Trinajstić information content (AvgIpc) is 3.18. The number of methoxy groups -OCH3 is 1. The molecule has 2 N–H and O–H groups in total. The van der Waals surface area contributed by atoms with Gasteiger partial charge < -0.3 is 15.4 Å². The van der Waals surface area contributed by atoms with E-state index in [4.69, 9.17) is 4.74 Å². The van der Waals surface area contributed by atoms with E-state index in [-0.39, 0.29) is 5.92 Å². The number of nitrogens with zero attached hydrogens (tertiary/aromatic N) is 1. The Balaban J connectivity index is 1.75. The maximum Gasteiger partial charge on any atom is 0.328 e. The van der Waals surface area contributed by atoms with Gasteiger partial charge in [0, 0.05) is 0 Å². The summed E-state index contributed by atoms with van der Waals surface area (Å²) in [7, 11) is 1.25. The molecule has 1 aromatic carbocycles. The minimum atomic E-state index is -1.10.